The highest BCUT2D eigenvalue weighted by atomic mass is 32.2. The molecule has 1 heterocycles. The Hall–Kier alpha value is -0.130. The molecule has 118 valence electrons. The Kier molecular flexibility index (Phi) is 5.14. The third kappa shape index (κ3) is 3.55. The summed E-state index contributed by atoms with van der Waals surface area (Å²) in [4.78, 5) is 0. The second-order valence-corrected chi connectivity index (χ2v) is 9.46. The lowest BCUT2D eigenvalue weighted by Gasteiger charge is -2.42. The van der Waals surface area contributed by atoms with Gasteiger partial charge in [0.2, 0.25) is 0 Å². The van der Waals surface area contributed by atoms with Gasteiger partial charge in [-0.1, -0.05) is 20.8 Å². The Morgan fingerprint density at radius 2 is 1.85 bits per heavy atom. The second kappa shape index (κ2) is 6.32. The van der Waals surface area contributed by atoms with Crippen molar-refractivity contribution in [3.8, 4) is 0 Å². The van der Waals surface area contributed by atoms with E-state index in [0.29, 0.717) is 26.1 Å². The van der Waals surface area contributed by atoms with Crippen molar-refractivity contribution in [1.29, 1.82) is 0 Å². The first-order valence-electron chi connectivity index (χ1n) is 7.90. The lowest BCUT2D eigenvalue weighted by Crippen LogP contribution is -2.52. The van der Waals surface area contributed by atoms with Crippen LogP contribution >= 0.6 is 0 Å². The molecule has 1 N–H and O–H groups in total. The second-order valence-electron chi connectivity index (χ2n) is 7.01. The highest BCUT2D eigenvalue weighted by Crippen LogP contribution is 2.40. The molecule has 4 nitrogen and oxygen atoms in total. The predicted octanol–water partition coefficient (Wildman–Crippen LogP) is 2.14. The van der Waals surface area contributed by atoms with Gasteiger partial charge in [0.25, 0.3) is 0 Å². The quantitative estimate of drug-likeness (QED) is 0.864. The number of sulfone groups is 1. The summed E-state index contributed by atoms with van der Waals surface area (Å²) >= 11 is 0. The molecular weight excluding hydrogens is 274 g/mol. The molecule has 2 unspecified atom stereocenters. The summed E-state index contributed by atoms with van der Waals surface area (Å²) in [5.74, 6) is 0. The van der Waals surface area contributed by atoms with Crippen LogP contribution in [0, 0.1) is 5.41 Å². The molecule has 0 radical (unpaired) electrons. The molecule has 2 rings (SSSR count). The van der Waals surface area contributed by atoms with Gasteiger partial charge in [0.15, 0.2) is 9.84 Å². The Labute approximate surface area is 123 Å². The van der Waals surface area contributed by atoms with Gasteiger partial charge in [-0.05, 0) is 44.1 Å². The summed E-state index contributed by atoms with van der Waals surface area (Å²) in [6.07, 6.45) is 4.18. The summed E-state index contributed by atoms with van der Waals surface area (Å²) in [5, 5.41) is 2.98. The normalized spacial score (nSPS) is 32.1. The van der Waals surface area contributed by atoms with Gasteiger partial charge in [-0.25, -0.2) is 8.42 Å². The van der Waals surface area contributed by atoms with E-state index in [1.54, 1.807) is 0 Å². The molecule has 0 amide bonds. The van der Waals surface area contributed by atoms with E-state index in [4.69, 9.17) is 4.74 Å². The van der Waals surface area contributed by atoms with Gasteiger partial charge in [-0.2, -0.15) is 0 Å². The summed E-state index contributed by atoms with van der Waals surface area (Å²) in [6.45, 7) is 8.46. The fraction of sp³-hybridized carbons (Fsp3) is 1.00. The van der Waals surface area contributed by atoms with Crippen LogP contribution in [0.2, 0.25) is 0 Å². The van der Waals surface area contributed by atoms with Crippen LogP contribution in [0.3, 0.4) is 0 Å². The van der Waals surface area contributed by atoms with E-state index in [9.17, 15) is 8.42 Å². The number of ether oxygens (including phenoxy) is 1. The van der Waals surface area contributed by atoms with Gasteiger partial charge in [0, 0.05) is 19.3 Å². The third-order valence-corrected chi connectivity index (χ3v) is 7.60. The molecule has 0 aromatic heterocycles. The molecule has 2 aliphatic rings. The lowest BCUT2D eigenvalue weighted by atomic mass is 9.75. The lowest BCUT2D eigenvalue weighted by molar-refractivity contribution is 0.0976. The van der Waals surface area contributed by atoms with E-state index in [1.165, 1.54) is 0 Å². The fourth-order valence-corrected chi connectivity index (χ4v) is 6.33. The van der Waals surface area contributed by atoms with E-state index < -0.39 is 9.84 Å². The number of hydrogen-bond acceptors (Lipinski definition) is 4. The fourth-order valence-electron chi connectivity index (χ4n) is 3.61. The Balaban J connectivity index is 2.19. The van der Waals surface area contributed by atoms with Crippen LogP contribution < -0.4 is 5.32 Å². The number of nitrogens with one attached hydrogen (secondary N) is 1. The minimum atomic E-state index is -3.07. The zero-order valence-corrected chi connectivity index (χ0v) is 13.8. The topological polar surface area (TPSA) is 55.4 Å². The molecule has 2 fully saturated rings. The number of hydrogen-bond donors (Lipinski definition) is 1. The largest absolute Gasteiger partial charge is 0.381 e. The first-order valence-corrected chi connectivity index (χ1v) is 9.51. The van der Waals surface area contributed by atoms with Crippen LogP contribution in [0.1, 0.15) is 52.9 Å². The molecule has 5 heteroatoms. The van der Waals surface area contributed by atoms with E-state index >= 15 is 0 Å². The zero-order chi connectivity index (χ0) is 14.8. The predicted molar refractivity (Wildman–Crippen MR) is 81.6 cm³/mol. The molecule has 1 saturated carbocycles. The van der Waals surface area contributed by atoms with Crippen molar-refractivity contribution in [2.45, 2.75) is 69.4 Å². The molecule has 1 saturated heterocycles. The molecule has 0 spiro atoms. The SMILES string of the molecule is CCNC1CCC(C)(C)CC1S(=O)(=O)C1CCOCC1. The van der Waals surface area contributed by atoms with E-state index in [1.807, 2.05) is 0 Å². The zero-order valence-electron chi connectivity index (χ0n) is 13.0. The third-order valence-electron chi connectivity index (χ3n) is 4.86. The van der Waals surface area contributed by atoms with Crippen LogP contribution in [-0.4, -0.2) is 44.7 Å². The summed E-state index contributed by atoms with van der Waals surface area (Å²) in [6, 6.07) is 0.126. The van der Waals surface area contributed by atoms with Crippen molar-refractivity contribution in [2.75, 3.05) is 19.8 Å². The number of rotatable bonds is 4. The van der Waals surface area contributed by atoms with Crippen LogP contribution in [0.15, 0.2) is 0 Å². The Bertz CT molecular complexity index is 413. The Morgan fingerprint density at radius 3 is 2.45 bits per heavy atom. The minimum Gasteiger partial charge on any atom is -0.381 e. The maximum Gasteiger partial charge on any atom is 0.157 e. The molecule has 20 heavy (non-hydrogen) atoms. The highest BCUT2D eigenvalue weighted by molar-refractivity contribution is 7.92. The van der Waals surface area contributed by atoms with Gasteiger partial charge in [-0.15, -0.1) is 0 Å². The van der Waals surface area contributed by atoms with Gasteiger partial charge < -0.3 is 10.1 Å². The molecule has 0 aromatic carbocycles. The molecule has 1 aliphatic carbocycles. The van der Waals surface area contributed by atoms with Gasteiger partial charge in [-0.3, -0.25) is 0 Å². The average molecular weight is 303 g/mol. The van der Waals surface area contributed by atoms with Crippen molar-refractivity contribution in [1.82, 2.24) is 5.32 Å². The van der Waals surface area contributed by atoms with Gasteiger partial charge in [0.1, 0.15) is 0 Å². The molecule has 0 bridgehead atoms. The van der Waals surface area contributed by atoms with E-state index in [0.717, 1.165) is 25.8 Å². The minimum absolute atomic E-state index is 0.126. The summed E-state index contributed by atoms with van der Waals surface area (Å²) in [5.41, 5.74) is 0.134. The molecule has 1 aliphatic heterocycles. The average Bonchev–Trinajstić information content (AvgIpc) is 2.42. The summed E-state index contributed by atoms with van der Waals surface area (Å²) in [7, 11) is -3.07. The van der Waals surface area contributed by atoms with Crippen molar-refractivity contribution in [2.24, 2.45) is 5.41 Å². The molecule has 0 aromatic rings. The van der Waals surface area contributed by atoms with E-state index in [2.05, 4.69) is 26.1 Å². The van der Waals surface area contributed by atoms with Gasteiger partial charge in [0.05, 0.1) is 10.5 Å². The van der Waals surface area contributed by atoms with Crippen molar-refractivity contribution in [3.05, 3.63) is 0 Å². The van der Waals surface area contributed by atoms with Crippen LogP contribution in [0.4, 0.5) is 0 Å². The summed E-state index contributed by atoms with van der Waals surface area (Å²) < 4.78 is 31.4. The van der Waals surface area contributed by atoms with Gasteiger partial charge >= 0.3 is 0 Å². The van der Waals surface area contributed by atoms with Crippen LogP contribution in [0.25, 0.3) is 0 Å². The molecule has 2 atom stereocenters. The first-order chi connectivity index (χ1) is 9.37. The van der Waals surface area contributed by atoms with E-state index in [-0.39, 0.29) is 22.0 Å². The maximum absolute atomic E-state index is 13.0. The Morgan fingerprint density at radius 1 is 1.20 bits per heavy atom. The van der Waals surface area contributed by atoms with Crippen LogP contribution in [0.5, 0.6) is 0 Å². The van der Waals surface area contributed by atoms with Crippen LogP contribution in [-0.2, 0) is 14.6 Å². The monoisotopic (exact) mass is 303 g/mol. The van der Waals surface area contributed by atoms with Crippen molar-refractivity contribution >= 4 is 9.84 Å². The smallest absolute Gasteiger partial charge is 0.157 e. The standard InChI is InChI=1S/C15H29NO3S/c1-4-16-13-5-8-15(2,3)11-14(13)20(17,18)12-6-9-19-10-7-12/h12-14,16H,4-11H2,1-3H3. The highest BCUT2D eigenvalue weighted by Gasteiger charge is 2.44. The first kappa shape index (κ1) is 16.2. The van der Waals surface area contributed by atoms with Crippen molar-refractivity contribution < 1.29 is 13.2 Å². The van der Waals surface area contributed by atoms with Crippen molar-refractivity contribution in [3.63, 3.8) is 0 Å². The maximum atomic E-state index is 13.0. The molecular formula is C15H29NO3S.